The van der Waals surface area contributed by atoms with Crippen LogP contribution in [-0.2, 0) is 22.4 Å². The molecule has 0 saturated heterocycles. The van der Waals surface area contributed by atoms with Crippen molar-refractivity contribution >= 4 is 11.5 Å². The van der Waals surface area contributed by atoms with Crippen LogP contribution in [0.2, 0.25) is 0 Å². The molecule has 7 nitrogen and oxygen atoms in total. The van der Waals surface area contributed by atoms with Crippen LogP contribution in [0.25, 0.3) is 5.57 Å². The highest BCUT2D eigenvalue weighted by Crippen LogP contribution is 2.29. The topological polar surface area (TPSA) is 93.6 Å². The SMILES string of the molecule is C/C1=C(c2ccn[nH]2)/C=C\C(OCCc2ccc3c(c2)OCC(C(=O)N=O)C3)=C/CC1. The van der Waals surface area contributed by atoms with Crippen molar-refractivity contribution in [1.82, 2.24) is 10.2 Å². The molecule has 1 aliphatic heterocycles. The Morgan fingerprint density at radius 2 is 2.23 bits per heavy atom. The summed E-state index contributed by atoms with van der Waals surface area (Å²) in [7, 11) is 0. The van der Waals surface area contributed by atoms with Crippen LogP contribution in [0.3, 0.4) is 0 Å². The number of hydrogen-bond donors (Lipinski definition) is 1. The molecule has 0 saturated carbocycles. The molecule has 1 unspecified atom stereocenters. The average molecular weight is 419 g/mol. The molecule has 2 aromatic rings. The van der Waals surface area contributed by atoms with Gasteiger partial charge in [0.1, 0.15) is 18.1 Å². The third-order valence-electron chi connectivity index (χ3n) is 5.67. The molecule has 4 rings (SSSR count). The van der Waals surface area contributed by atoms with Crippen LogP contribution in [0.15, 0.2) is 65.2 Å². The number of H-pyrrole nitrogens is 1. The Morgan fingerprint density at radius 1 is 1.32 bits per heavy atom. The number of ether oxygens (including phenoxy) is 2. The van der Waals surface area contributed by atoms with Crippen LogP contribution in [-0.4, -0.2) is 29.3 Å². The standard InChI is InChI=1S/C24H25N3O4/c1-16-3-2-4-20(7-8-21(16)22-9-11-25-26-22)30-12-10-17-5-6-18-14-19(24(28)27-29)15-31-23(18)13-17/h4-9,11,13,19H,2-3,10,12,14-15H2,1H3,(H,25,26)/b8-7-,20-4+,21-16+. The number of aromatic nitrogens is 2. The highest BCUT2D eigenvalue weighted by molar-refractivity contribution is 5.80. The summed E-state index contributed by atoms with van der Waals surface area (Å²) in [6.07, 6.45) is 11.1. The zero-order chi connectivity index (χ0) is 21.6. The zero-order valence-corrected chi connectivity index (χ0v) is 17.5. The summed E-state index contributed by atoms with van der Waals surface area (Å²) in [4.78, 5) is 22.0. The second-order valence-electron chi connectivity index (χ2n) is 7.82. The van der Waals surface area contributed by atoms with Gasteiger partial charge in [-0.25, -0.2) is 0 Å². The molecule has 1 atom stereocenters. The van der Waals surface area contributed by atoms with E-state index in [9.17, 15) is 9.70 Å². The molecule has 0 radical (unpaired) electrons. The largest absolute Gasteiger partial charge is 0.494 e. The van der Waals surface area contributed by atoms with Crippen molar-refractivity contribution in [2.75, 3.05) is 13.2 Å². The molecule has 1 amide bonds. The van der Waals surface area contributed by atoms with Crippen molar-refractivity contribution in [1.29, 1.82) is 0 Å². The number of nitrogens with zero attached hydrogens (tertiary/aromatic N) is 2. The summed E-state index contributed by atoms with van der Waals surface area (Å²) in [5.41, 5.74) is 5.51. The summed E-state index contributed by atoms with van der Waals surface area (Å²) in [5.74, 6) is 0.495. The van der Waals surface area contributed by atoms with E-state index >= 15 is 0 Å². The van der Waals surface area contributed by atoms with Gasteiger partial charge in [0.2, 0.25) is 0 Å². The van der Waals surface area contributed by atoms with Gasteiger partial charge in [0.25, 0.3) is 5.91 Å². The fourth-order valence-electron chi connectivity index (χ4n) is 3.87. The first-order valence-corrected chi connectivity index (χ1v) is 10.5. The van der Waals surface area contributed by atoms with E-state index in [2.05, 4.69) is 34.5 Å². The fourth-order valence-corrected chi connectivity index (χ4v) is 3.87. The average Bonchev–Trinajstić information content (AvgIpc) is 3.31. The first-order chi connectivity index (χ1) is 15.1. The van der Waals surface area contributed by atoms with E-state index in [4.69, 9.17) is 9.47 Å². The lowest BCUT2D eigenvalue weighted by Gasteiger charge is -2.23. The lowest BCUT2D eigenvalue weighted by Crippen LogP contribution is -2.27. The molecular formula is C24H25N3O4. The molecular weight excluding hydrogens is 394 g/mol. The maximum atomic E-state index is 11.5. The molecule has 160 valence electrons. The number of benzene rings is 1. The highest BCUT2D eigenvalue weighted by Gasteiger charge is 2.26. The number of fused-ring (bicyclic) bond motifs is 1. The lowest BCUT2D eigenvalue weighted by molar-refractivity contribution is -0.122. The Morgan fingerprint density at radius 3 is 3.03 bits per heavy atom. The van der Waals surface area contributed by atoms with E-state index in [0.717, 1.165) is 53.2 Å². The summed E-state index contributed by atoms with van der Waals surface area (Å²) >= 11 is 0. The zero-order valence-electron chi connectivity index (χ0n) is 17.5. The van der Waals surface area contributed by atoms with E-state index in [1.54, 1.807) is 6.20 Å². The molecule has 0 fully saturated rings. The van der Waals surface area contributed by atoms with E-state index in [-0.39, 0.29) is 6.61 Å². The second kappa shape index (κ2) is 9.55. The molecule has 0 bridgehead atoms. The Balaban J connectivity index is 1.34. The molecule has 2 heterocycles. The maximum absolute atomic E-state index is 11.5. The number of carbonyl (C=O) groups is 1. The molecule has 1 aromatic heterocycles. The first-order valence-electron chi connectivity index (χ1n) is 10.5. The van der Waals surface area contributed by atoms with Crippen molar-refractivity contribution in [2.45, 2.75) is 32.6 Å². The number of nitrogens with one attached hydrogen (secondary N) is 1. The Labute approximate surface area is 180 Å². The number of carbonyl (C=O) groups excluding carboxylic acids is 1. The van der Waals surface area contributed by atoms with Crippen LogP contribution in [0.1, 0.15) is 36.6 Å². The van der Waals surface area contributed by atoms with Gasteiger partial charge in [-0.3, -0.25) is 9.89 Å². The molecule has 0 spiro atoms. The number of aromatic amines is 1. The quantitative estimate of drug-likeness (QED) is 0.695. The van der Waals surface area contributed by atoms with Crippen molar-refractivity contribution < 1.29 is 14.3 Å². The predicted octanol–water partition coefficient (Wildman–Crippen LogP) is 4.52. The van der Waals surface area contributed by atoms with Crippen LogP contribution < -0.4 is 4.74 Å². The smallest absolute Gasteiger partial charge is 0.293 e. The van der Waals surface area contributed by atoms with Crippen LogP contribution in [0.4, 0.5) is 0 Å². The maximum Gasteiger partial charge on any atom is 0.293 e. The normalized spacial score (nSPS) is 23.4. The summed E-state index contributed by atoms with van der Waals surface area (Å²) in [6, 6.07) is 7.92. The minimum Gasteiger partial charge on any atom is -0.494 e. The van der Waals surface area contributed by atoms with Crippen LogP contribution in [0, 0.1) is 10.8 Å². The molecule has 2 aliphatic rings. The van der Waals surface area contributed by atoms with Crippen molar-refractivity contribution in [3.8, 4) is 5.75 Å². The van der Waals surface area contributed by atoms with E-state index in [1.807, 2.05) is 30.3 Å². The van der Waals surface area contributed by atoms with Gasteiger partial charge in [0.05, 0.1) is 18.2 Å². The first kappa shape index (κ1) is 20.8. The van der Waals surface area contributed by atoms with Gasteiger partial charge in [-0.2, -0.15) is 5.10 Å². The van der Waals surface area contributed by atoms with E-state index in [0.29, 0.717) is 13.0 Å². The van der Waals surface area contributed by atoms with Gasteiger partial charge in [0.15, 0.2) is 0 Å². The van der Waals surface area contributed by atoms with Gasteiger partial charge < -0.3 is 9.47 Å². The number of nitroso groups, excluding NO2 is 1. The number of rotatable bonds is 6. The molecule has 1 N–H and O–H groups in total. The molecule has 31 heavy (non-hydrogen) atoms. The molecule has 1 aromatic carbocycles. The predicted molar refractivity (Wildman–Crippen MR) is 117 cm³/mol. The summed E-state index contributed by atoms with van der Waals surface area (Å²) in [6.45, 7) is 2.89. The minimum absolute atomic E-state index is 0.195. The monoisotopic (exact) mass is 419 g/mol. The van der Waals surface area contributed by atoms with Crippen molar-refractivity contribution in [2.24, 2.45) is 11.1 Å². The third kappa shape index (κ3) is 4.99. The number of amides is 1. The second-order valence-corrected chi connectivity index (χ2v) is 7.82. The van der Waals surface area contributed by atoms with E-state index < -0.39 is 11.8 Å². The highest BCUT2D eigenvalue weighted by atomic mass is 16.5. The van der Waals surface area contributed by atoms with Crippen molar-refractivity contribution in [3.63, 3.8) is 0 Å². The Kier molecular flexibility index (Phi) is 6.40. The third-order valence-corrected chi connectivity index (χ3v) is 5.67. The minimum atomic E-state index is -0.649. The lowest BCUT2D eigenvalue weighted by atomic mass is 9.95. The van der Waals surface area contributed by atoms with E-state index in [1.165, 1.54) is 5.57 Å². The van der Waals surface area contributed by atoms with Gasteiger partial charge >= 0.3 is 0 Å². The Hall–Kier alpha value is -3.48. The number of hydrogen-bond acceptors (Lipinski definition) is 5. The van der Waals surface area contributed by atoms with Crippen molar-refractivity contribution in [3.05, 3.63) is 81.8 Å². The van der Waals surface area contributed by atoms with Crippen LogP contribution >= 0.6 is 0 Å². The van der Waals surface area contributed by atoms with Gasteiger partial charge in [-0.1, -0.05) is 17.7 Å². The molecule has 7 heteroatoms. The Bertz CT molecular complexity index is 1050. The van der Waals surface area contributed by atoms with Gasteiger partial charge in [-0.15, -0.1) is 4.91 Å². The number of allylic oxidation sites excluding steroid dienone is 5. The van der Waals surface area contributed by atoms with Gasteiger partial charge in [-0.05, 0) is 73.2 Å². The van der Waals surface area contributed by atoms with Crippen LogP contribution in [0.5, 0.6) is 5.75 Å². The summed E-state index contributed by atoms with van der Waals surface area (Å²) in [5, 5.41) is 9.60. The van der Waals surface area contributed by atoms with Gasteiger partial charge in [0, 0.05) is 17.8 Å². The molecule has 1 aliphatic carbocycles. The summed E-state index contributed by atoms with van der Waals surface area (Å²) < 4.78 is 11.7. The fraction of sp³-hybridized carbons (Fsp3) is 0.333.